The second kappa shape index (κ2) is 5.70. The molecule has 0 radical (unpaired) electrons. The fourth-order valence-electron chi connectivity index (χ4n) is 2.28. The Bertz CT molecular complexity index is 726. The van der Waals surface area contributed by atoms with Crippen LogP contribution in [-0.2, 0) is 6.54 Å². The molecule has 0 unspecified atom stereocenters. The van der Waals surface area contributed by atoms with Crippen LogP contribution in [0.25, 0.3) is 11.0 Å². The van der Waals surface area contributed by atoms with Gasteiger partial charge in [-0.15, -0.1) is 0 Å². The monoisotopic (exact) mass is 263 g/mol. The summed E-state index contributed by atoms with van der Waals surface area (Å²) in [6.07, 6.45) is 2.93. The maximum atomic E-state index is 4.61. The number of fused-ring (bicyclic) bond motifs is 1. The summed E-state index contributed by atoms with van der Waals surface area (Å²) in [6, 6.07) is 18.3. The third kappa shape index (κ3) is 2.48. The molecule has 0 N–H and O–H groups in total. The Hall–Kier alpha value is -2.42. The van der Waals surface area contributed by atoms with Crippen molar-refractivity contribution in [2.24, 2.45) is 4.99 Å². The molecule has 3 aromatic rings. The van der Waals surface area contributed by atoms with Crippen molar-refractivity contribution in [2.75, 3.05) is 0 Å². The highest BCUT2D eigenvalue weighted by Gasteiger charge is 2.07. The quantitative estimate of drug-likeness (QED) is 0.649. The van der Waals surface area contributed by atoms with Crippen LogP contribution in [0.15, 0.2) is 59.6 Å². The van der Waals surface area contributed by atoms with E-state index >= 15 is 0 Å². The van der Waals surface area contributed by atoms with Crippen LogP contribution >= 0.6 is 0 Å². The Morgan fingerprint density at radius 1 is 1.05 bits per heavy atom. The van der Waals surface area contributed by atoms with E-state index in [9.17, 15) is 0 Å². The van der Waals surface area contributed by atoms with Crippen molar-refractivity contribution in [3.8, 4) is 0 Å². The predicted octanol–water partition coefficient (Wildman–Crippen LogP) is 4.20. The lowest BCUT2D eigenvalue weighted by Gasteiger charge is -2.03. The topological polar surface area (TPSA) is 30.2 Å². The van der Waals surface area contributed by atoms with Gasteiger partial charge in [-0.25, -0.2) is 9.98 Å². The van der Waals surface area contributed by atoms with Gasteiger partial charge in [0.2, 0.25) is 5.95 Å². The van der Waals surface area contributed by atoms with E-state index in [0.29, 0.717) is 0 Å². The van der Waals surface area contributed by atoms with Crippen molar-refractivity contribution >= 4 is 23.2 Å². The summed E-state index contributed by atoms with van der Waals surface area (Å²) in [5.74, 6) is 0.775. The van der Waals surface area contributed by atoms with Gasteiger partial charge in [-0.2, -0.15) is 0 Å². The van der Waals surface area contributed by atoms with E-state index in [1.54, 1.807) is 0 Å². The molecule has 0 amide bonds. The zero-order valence-electron chi connectivity index (χ0n) is 11.5. The number of nitrogens with zero attached hydrogens (tertiary/aromatic N) is 3. The predicted molar refractivity (Wildman–Crippen MR) is 83.7 cm³/mol. The second-order valence-corrected chi connectivity index (χ2v) is 4.72. The van der Waals surface area contributed by atoms with Gasteiger partial charge < -0.3 is 4.57 Å². The van der Waals surface area contributed by atoms with E-state index < -0.39 is 0 Å². The van der Waals surface area contributed by atoms with Gasteiger partial charge in [0.1, 0.15) is 0 Å². The summed E-state index contributed by atoms with van der Waals surface area (Å²) in [5, 5.41) is 0. The van der Waals surface area contributed by atoms with Crippen molar-refractivity contribution in [1.82, 2.24) is 9.55 Å². The minimum Gasteiger partial charge on any atom is -0.308 e. The van der Waals surface area contributed by atoms with Gasteiger partial charge in [-0.1, -0.05) is 49.4 Å². The molecule has 3 nitrogen and oxygen atoms in total. The molecule has 100 valence electrons. The van der Waals surface area contributed by atoms with Crippen LogP contribution in [0.2, 0.25) is 0 Å². The van der Waals surface area contributed by atoms with Gasteiger partial charge in [0, 0.05) is 12.8 Å². The third-order valence-electron chi connectivity index (χ3n) is 3.21. The van der Waals surface area contributed by atoms with Gasteiger partial charge in [0.15, 0.2) is 0 Å². The van der Waals surface area contributed by atoms with Crippen LogP contribution in [0, 0.1) is 0 Å². The van der Waals surface area contributed by atoms with E-state index in [0.717, 1.165) is 35.5 Å². The Balaban J connectivity index is 2.02. The molecule has 20 heavy (non-hydrogen) atoms. The van der Waals surface area contributed by atoms with E-state index in [2.05, 4.69) is 27.5 Å². The number of benzene rings is 2. The smallest absolute Gasteiger partial charge is 0.230 e. The molecule has 0 bridgehead atoms. The molecule has 3 rings (SSSR count). The van der Waals surface area contributed by atoms with Crippen molar-refractivity contribution < 1.29 is 0 Å². The molecule has 2 aromatic carbocycles. The van der Waals surface area contributed by atoms with Gasteiger partial charge >= 0.3 is 0 Å². The Kier molecular flexibility index (Phi) is 3.59. The van der Waals surface area contributed by atoms with Crippen molar-refractivity contribution in [3.63, 3.8) is 0 Å². The number of aryl methyl sites for hydroxylation is 1. The highest BCUT2D eigenvalue weighted by molar-refractivity contribution is 5.83. The van der Waals surface area contributed by atoms with Gasteiger partial charge in [-0.05, 0) is 24.1 Å². The first-order valence-corrected chi connectivity index (χ1v) is 6.93. The largest absolute Gasteiger partial charge is 0.308 e. The standard InChI is InChI=1S/C17H17N3/c1-2-12-20-16-11-7-6-10-15(16)19-17(20)18-13-14-8-4-3-5-9-14/h3-11,13H,2,12H2,1H3/b18-13+. The summed E-state index contributed by atoms with van der Waals surface area (Å²) in [7, 11) is 0. The highest BCUT2D eigenvalue weighted by atomic mass is 15.2. The van der Waals surface area contributed by atoms with Crippen LogP contribution in [0.1, 0.15) is 18.9 Å². The fourth-order valence-corrected chi connectivity index (χ4v) is 2.28. The molecule has 0 aliphatic carbocycles. The number of para-hydroxylation sites is 2. The SMILES string of the molecule is CCCn1c(/N=C/c2ccccc2)nc2ccccc21. The maximum Gasteiger partial charge on any atom is 0.230 e. The van der Waals surface area contributed by atoms with Crippen molar-refractivity contribution in [2.45, 2.75) is 19.9 Å². The minimum absolute atomic E-state index is 0.775. The zero-order valence-corrected chi connectivity index (χ0v) is 11.5. The average molecular weight is 263 g/mol. The Morgan fingerprint density at radius 2 is 1.80 bits per heavy atom. The molecule has 0 spiro atoms. The summed E-state index contributed by atoms with van der Waals surface area (Å²) in [5.41, 5.74) is 3.23. The number of imidazole rings is 1. The minimum atomic E-state index is 0.775. The van der Waals surface area contributed by atoms with E-state index in [-0.39, 0.29) is 0 Å². The van der Waals surface area contributed by atoms with Gasteiger partial charge in [0.05, 0.1) is 11.0 Å². The van der Waals surface area contributed by atoms with Gasteiger partial charge in [-0.3, -0.25) is 0 Å². The first kappa shape index (κ1) is 12.6. The number of hydrogen-bond acceptors (Lipinski definition) is 2. The molecule has 0 atom stereocenters. The number of aromatic nitrogens is 2. The summed E-state index contributed by atoms with van der Waals surface area (Å²) >= 11 is 0. The molecule has 0 aliphatic heterocycles. The van der Waals surface area contributed by atoms with Crippen LogP contribution in [0.5, 0.6) is 0 Å². The molecule has 1 heterocycles. The van der Waals surface area contributed by atoms with Crippen molar-refractivity contribution in [1.29, 1.82) is 0 Å². The molecule has 0 saturated carbocycles. The second-order valence-electron chi connectivity index (χ2n) is 4.72. The lowest BCUT2D eigenvalue weighted by Crippen LogP contribution is -1.96. The van der Waals surface area contributed by atoms with Gasteiger partial charge in [0.25, 0.3) is 0 Å². The zero-order chi connectivity index (χ0) is 13.8. The number of aliphatic imine (C=N–C) groups is 1. The van der Waals surface area contributed by atoms with Crippen LogP contribution < -0.4 is 0 Å². The van der Waals surface area contributed by atoms with Crippen LogP contribution in [0.3, 0.4) is 0 Å². The molecule has 0 aliphatic rings. The molecule has 3 heteroatoms. The molecule has 1 aromatic heterocycles. The van der Waals surface area contributed by atoms with Crippen LogP contribution in [-0.4, -0.2) is 15.8 Å². The van der Waals surface area contributed by atoms with Crippen LogP contribution in [0.4, 0.5) is 5.95 Å². The molecular formula is C17H17N3. The molecule has 0 saturated heterocycles. The highest BCUT2D eigenvalue weighted by Crippen LogP contribution is 2.22. The van der Waals surface area contributed by atoms with E-state index in [4.69, 9.17) is 0 Å². The molecule has 0 fully saturated rings. The third-order valence-corrected chi connectivity index (χ3v) is 3.21. The van der Waals surface area contributed by atoms with E-state index in [1.165, 1.54) is 0 Å². The maximum absolute atomic E-state index is 4.61. The summed E-state index contributed by atoms with van der Waals surface area (Å²) in [6.45, 7) is 3.10. The first-order valence-electron chi connectivity index (χ1n) is 6.93. The first-order chi connectivity index (χ1) is 9.88. The molecular weight excluding hydrogens is 246 g/mol. The normalized spacial score (nSPS) is 11.4. The van der Waals surface area contributed by atoms with E-state index in [1.807, 2.05) is 54.7 Å². The van der Waals surface area contributed by atoms with Crippen molar-refractivity contribution in [3.05, 3.63) is 60.2 Å². The summed E-state index contributed by atoms with van der Waals surface area (Å²) in [4.78, 5) is 9.17. The number of rotatable bonds is 4. The Morgan fingerprint density at radius 3 is 2.60 bits per heavy atom. The summed E-state index contributed by atoms with van der Waals surface area (Å²) < 4.78 is 2.18. The Labute approximate surface area is 118 Å². The number of hydrogen-bond donors (Lipinski definition) is 0. The lowest BCUT2D eigenvalue weighted by atomic mass is 10.2. The average Bonchev–Trinajstić information content (AvgIpc) is 2.85. The fraction of sp³-hybridized carbons (Fsp3) is 0.176. The lowest BCUT2D eigenvalue weighted by molar-refractivity contribution is 0.701.